The normalized spacial score (nSPS) is 10.2. The van der Waals surface area contributed by atoms with E-state index < -0.39 is 0 Å². The van der Waals surface area contributed by atoms with Crippen molar-refractivity contribution in [1.82, 2.24) is 9.97 Å². The van der Waals surface area contributed by atoms with Gasteiger partial charge in [0.05, 0.1) is 6.20 Å². The first-order valence-corrected chi connectivity index (χ1v) is 6.13. The van der Waals surface area contributed by atoms with Gasteiger partial charge in [-0.3, -0.25) is 4.79 Å². The van der Waals surface area contributed by atoms with Crippen molar-refractivity contribution >= 4 is 29.0 Å². The molecule has 0 radical (unpaired) electrons. The van der Waals surface area contributed by atoms with Crippen LogP contribution in [0.3, 0.4) is 0 Å². The van der Waals surface area contributed by atoms with Crippen LogP contribution in [-0.2, 0) is 11.2 Å². The van der Waals surface area contributed by atoms with Gasteiger partial charge < -0.3 is 11.1 Å². The Labute approximate surface area is 115 Å². The topological polar surface area (TPSA) is 80.9 Å². The lowest BCUT2D eigenvalue weighted by Gasteiger charge is -2.07. The molecule has 0 atom stereocenters. The molecular formula is C13H13ClN4O. The van der Waals surface area contributed by atoms with E-state index in [9.17, 15) is 4.79 Å². The van der Waals surface area contributed by atoms with E-state index in [1.807, 2.05) is 24.3 Å². The Morgan fingerprint density at radius 1 is 1.32 bits per heavy atom. The van der Waals surface area contributed by atoms with Crippen molar-refractivity contribution in [2.75, 3.05) is 5.32 Å². The number of carbonyl (C=O) groups is 1. The van der Waals surface area contributed by atoms with Gasteiger partial charge in [0.15, 0.2) is 5.82 Å². The second-order valence-electron chi connectivity index (χ2n) is 4.01. The van der Waals surface area contributed by atoms with Crippen LogP contribution in [0.15, 0.2) is 36.8 Å². The van der Waals surface area contributed by atoms with Gasteiger partial charge in [0.1, 0.15) is 11.3 Å². The number of rotatable bonds is 5. The smallest absolute Gasteiger partial charge is 0.217 e. The maximum absolute atomic E-state index is 10.7. The summed E-state index contributed by atoms with van der Waals surface area (Å²) < 4.78 is 0. The molecule has 19 heavy (non-hydrogen) atoms. The molecule has 0 aliphatic heterocycles. The molecule has 2 rings (SSSR count). The Kier molecular flexibility index (Phi) is 4.30. The van der Waals surface area contributed by atoms with Gasteiger partial charge in [-0.1, -0.05) is 23.7 Å². The van der Waals surface area contributed by atoms with Crippen molar-refractivity contribution in [2.24, 2.45) is 5.73 Å². The average Bonchev–Trinajstić information content (AvgIpc) is 2.40. The molecule has 1 heterocycles. The highest BCUT2D eigenvalue weighted by atomic mass is 35.5. The van der Waals surface area contributed by atoms with Gasteiger partial charge in [-0.25, -0.2) is 9.97 Å². The quantitative estimate of drug-likeness (QED) is 0.878. The summed E-state index contributed by atoms with van der Waals surface area (Å²) in [6.45, 7) is 0. The summed E-state index contributed by atoms with van der Waals surface area (Å²) in [5, 5.41) is 3.55. The van der Waals surface area contributed by atoms with Crippen molar-refractivity contribution in [2.45, 2.75) is 12.8 Å². The molecule has 0 unspecified atom stereocenters. The number of amides is 1. The molecule has 6 heteroatoms. The Balaban J connectivity index is 2.03. The molecule has 0 bridgehead atoms. The number of hydrogen-bond donors (Lipinski definition) is 2. The molecule has 0 aliphatic rings. The first-order valence-electron chi connectivity index (χ1n) is 5.75. The van der Waals surface area contributed by atoms with E-state index >= 15 is 0 Å². The molecular weight excluding hydrogens is 264 g/mol. The number of anilines is 2. The van der Waals surface area contributed by atoms with Crippen molar-refractivity contribution < 1.29 is 4.79 Å². The van der Waals surface area contributed by atoms with E-state index in [-0.39, 0.29) is 5.91 Å². The van der Waals surface area contributed by atoms with E-state index in [4.69, 9.17) is 17.3 Å². The van der Waals surface area contributed by atoms with Gasteiger partial charge in [-0.05, 0) is 24.1 Å². The second-order valence-corrected chi connectivity index (χ2v) is 4.41. The SMILES string of the molecule is NC(=O)CCc1ccc(Nc2ncncc2Cl)cc1. The van der Waals surface area contributed by atoms with E-state index in [0.29, 0.717) is 23.7 Å². The fourth-order valence-corrected chi connectivity index (χ4v) is 1.72. The van der Waals surface area contributed by atoms with Crippen LogP contribution < -0.4 is 11.1 Å². The van der Waals surface area contributed by atoms with Crippen LogP contribution in [0.5, 0.6) is 0 Å². The lowest BCUT2D eigenvalue weighted by Crippen LogP contribution is -2.11. The van der Waals surface area contributed by atoms with Gasteiger partial charge in [-0.15, -0.1) is 0 Å². The molecule has 0 aliphatic carbocycles. The Bertz CT molecular complexity index is 571. The van der Waals surface area contributed by atoms with Gasteiger partial charge >= 0.3 is 0 Å². The van der Waals surface area contributed by atoms with Crippen LogP contribution in [0.1, 0.15) is 12.0 Å². The summed E-state index contributed by atoms with van der Waals surface area (Å²) in [6, 6.07) is 7.66. The zero-order valence-electron chi connectivity index (χ0n) is 10.1. The summed E-state index contributed by atoms with van der Waals surface area (Å²) in [5.41, 5.74) is 7.03. The molecule has 1 aromatic carbocycles. The third kappa shape index (κ3) is 3.93. The Morgan fingerprint density at radius 3 is 2.68 bits per heavy atom. The first kappa shape index (κ1) is 13.3. The summed E-state index contributed by atoms with van der Waals surface area (Å²) in [7, 11) is 0. The van der Waals surface area contributed by atoms with Crippen LogP contribution in [0.25, 0.3) is 0 Å². The molecule has 1 aromatic heterocycles. The largest absolute Gasteiger partial charge is 0.370 e. The van der Waals surface area contributed by atoms with E-state index in [0.717, 1.165) is 11.3 Å². The summed E-state index contributed by atoms with van der Waals surface area (Å²) in [4.78, 5) is 18.6. The van der Waals surface area contributed by atoms with Crippen LogP contribution in [0.2, 0.25) is 5.02 Å². The van der Waals surface area contributed by atoms with E-state index in [1.54, 1.807) is 0 Å². The van der Waals surface area contributed by atoms with Gasteiger partial charge in [-0.2, -0.15) is 0 Å². The number of hydrogen-bond acceptors (Lipinski definition) is 4. The van der Waals surface area contributed by atoms with Gasteiger partial charge in [0.2, 0.25) is 5.91 Å². The highest BCUT2D eigenvalue weighted by molar-refractivity contribution is 6.32. The van der Waals surface area contributed by atoms with Crippen molar-refractivity contribution in [3.8, 4) is 0 Å². The maximum Gasteiger partial charge on any atom is 0.217 e. The van der Waals surface area contributed by atoms with Crippen molar-refractivity contribution in [3.05, 3.63) is 47.4 Å². The molecule has 5 nitrogen and oxygen atoms in total. The number of primary amides is 1. The zero-order valence-corrected chi connectivity index (χ0v) is 10.9. The molecule has 2 aromatic rings. The number of aryl methyl sites for hydroxylation is 1. The number of nitrogens with zero attached hydrogens (tertiary/aromatic N) is 2. The maximum atomic E-state index is 10.7. The molecule has 0 fully saturated rings. The minimum Gasteiger partial charge on any atom is -0.370 e. The fourth-order valence-electron chi connectivity index (χ4n) is 1.56. The number of benzene rings is 1. The van der Waals surface area contributed by atoms with E-state index in [2.05, 4.69) is 15.3 Å². The zero-order chi connectivity index (χ0) is 13.7. The lowest BCUT2D eigenvalue weighted by atomic mass is 10.1. The number of nitrogens with one attached hydrogen (secondary N) is 1. The van der Waals surface area contributed by atoms with Crippen LogP contribution in [0.4, 0.5) is 11.5 Å². The number of carbonyl (C=O) groups excluding carboxylic acids is 1. The monoisotopic (exact) mass is 276 g/mol. The fraction of sp³-hybridized carbons (Fsp3) is 0.154. The summed E-state index contributed by atoms with van der Waals surface area (Å²) in [6.07, 6.45) is 3.95. The van der Waals surface area contributed by atoms with Crippen LogP contribution >= 0.6 is 11.6 Å². The summed E-state index contributed by atoms with van der Waals surface area (Å²) in [5.74, 6) is 0.261. The predicted molar refractivity (Wildman–Crippen MR) is 74.3 cm³/mol. The minimum absolute atomic E-state index is 0.296. The molecule has 0 saturated heterocycles. The molecule has 98 valence electrons. The third-order valence-corrected chi connectivity index (χ3v) is 2.82. The molecule has 0 saturated carbocycles. The molecule has 3 N–H and O–H groups in total. The molecule has 1 amide bonds. The number of halogens is 1. The standard InChI is InChI=1S/C13H13ClN4O/c14-11-7-16-8-17-13(11)18-10-4-1-9(2-5-10)3-6-12(15)19/h1-2,4-5,7-8H,3,6H2,(H2,15,19)(H,16,17,18). The predicted octanol–water partition coefficient (Wildman–Crippen LogP) is 2.29. The van der Waals surface area contributed by atoms with Crippen molar-refractivity contribution in [1.29, 1.82) is 0 Å². The van der Waals surface area contributed by atoms with E-state index in [1.165, 1.54) is 12.5 Å². The second kappa shape index (κ2) is 6.15. The molecule has 0 spiro atoms. The highest BCUT2D eigenvalue weighted by Gasteiger charge is 2.02. The van der Waals surface area contributed by atoms with Crippen LogP contribution in [-0.4, -0.2) is 15.9 Å². The summed E-state index contributed by atoms with van der Waals surface area (Å²) >= 11 is 5.95. The van der Waals surface area contributed by atoms with Gasteiger partial charge in [0, 0.05) is 12.1 Å². The minimum atomic E-state index is -0.296. The highest BCUT2D eigenvalue weighted by Crippen LogP contribution is 2.21. The third-order valence-electron chi connectivity index (χ3n) is 2.54. The van der Waals surface area contributed by atoms with Crippen LogP contribution in [0, 0.1) is 0 Å². The number of aromatic nitrogens is 2. The van der Waals surface area contributed by atoms with Gasteiger partial charge in [0.25, 0.3) is 0 Å². The Morgan fingerprint density at radius 2 is 2.05 bits per heavy atom. The average molecular weight is 277 g/mol. The van der Waals surface area contributed by atoms with Crippen molar-refractivity contribution in [3.63, 3.8) is 0 Å². The number of nitrogens with two attached hydrogens (primary N) is 1. The lowest BCUT2D eigenvalue weighted by molar-refractivity contribution is -0.117. The Hall–Kier alpha value is -2.14. The first-order chi connectivity index (χ1) is 9.15.